The molecule has 1 aliphatic carbocycles. The Morgan fingerprint density at radius 1 is 1.00 bits per heavy atom. The lowest BCUT2D eigenvalue weighted by molar-refractivity contribution is 0.244. The summed E-state index contributed by atoms with van der Waals surface area (Å²) in [5, 5.41) is 0. The molecule has 94 valence electrons. The lowest BCUT2D eigenvalue weighted by atomic mass is 9.74. The van der Waals surface area contributed by atoms with E-state index in [1.807, 2.05) is 0 Å². The number of hydrogen-bond acceptors (Lipinski definition) is 0. The Morgan fingerprint density at radius 3 is 2.06 bits per heavy atom. The normalized spacial score (nSPS) is 19.1. The summed E-state index contributed by atoms with van der Waals surface area (Å²) in [7, 11) is 0. The maximum absolute atomic E-state index is 2.43. The molecule has 0 heteroatoms. The minimum Gasteiger partial charge on any atom is -0.0713 e. The van der Waals surface area contributed by atoms with Crippen LogP contribution >= 0.6 is 0 Å². The molecule has 0 aliphatic heterocycles. The molecular formula is C16H30. The SMILES string of the molecule is CCC1=C(CC(C)(C)C(C)C)CCCCC1. The molecule has 0 unspecified atom stereocenters. The lowest BCUT2D eigenvalue weighted by Gasteiger charge is -2.31. The Hall–Kier alpha value is -0.260. The third-order valence-corrected chi connectivity index (χ3v) is 4.62. The number of hydrogen-bond donors (Lipinski definition) is 0. The van der Waals surface area contributed by atoms with Crippen molar-refractivity contribution in [2.24, 2.45) is 11.3 Å². The summed E-state index contributed by atoms with van der Waals surface area (Å²) in [5.41, 5.74) is 4.06. The van der Waals surface area contributed by atoms with Gasteiger partial charge in [-0.1, -0.05) is 52.2 Å². The van der Waals surface area contributed by atoms with E-state index in [0.717, 1.165) is 5.92 Å². The molecule has 0 atom stereocenters. The second kappa shape index (κ2) is 5.89. The van der Waals surface area contributed by atoms with Gasteiger partial charge >= 0.3 is 0 Å². The van der Waals surface area contributed by atoms with E-state index in [0.29, 0.717) is 5.41 Å². The van der Waals surface area contributed by atoms with E-state index < -0.39 is 0 Å². The molecule has 0 heterocycles. The highest BCUT2D eigenvalue weighted by Crippen LogP contribution is 2.38. The van der Waals surface area contributed by atoms with Gasteiger partial charge in [-0.3, -0.25) is 0 Å². The van der Waals surface area contributed by atoms with E-state index in [1.165, 1.54) is 44.9 Å². The van der Waals surface area contributed by atoms with Crippen LogP contribution < -0.4 is 0 Å². The van der Waals surface area contributed by atoms with E-state index in [9.17, 15) is 0 Å². The third kappa shape index (κ3) is 3.64. The Kier molecular flexibility index (Phi) is 5.08. The van der Waals surface area contributed by atoms with Crippen molar-refractivity contribution in [1.82, 2.24) is 0 Å². The summed E-state index contributed by atoms with van der Waals surface area (Å²) in [5.74, 6) is 0.779. The Labute approximate surface area is 103 Å². The lowest BCUT2D eigenvalue weighted by Crippen LogP contribution is -2.20. The zero-order valence-corrected chi connectivity index (χ0v) is 12.0. The minimum atomic E-state index is 0.472. The molecule has 1 aliphatic rings. The monoisotopic (exact) mass is 222 g/mol. The molecule has 0 amide bonds. The summed E-state index contributed by atoms with van der Waals surface area (Å²) in [6.45, 7) is 11.9. The van der Waals surface area contributed by atoms with E-state index >= 15 is 0 Å². The first-order valence-electron chi connectivity index (χ1n) is 7.17. The fraction of sp³-hybridized carbons (Fsp3) is 0.875. The van der Waals surface area contributed by atoms with E-state index in [2.05, 4.69) is 34.6 Å². The molecule has 1 rings (SSSR count). The first-order valence-corrected chi connectivity index (χ1v) is 7.17. The third-order valence-electron chi connectivity index (χ3n) is 4.62. The molecule has 0 aromatic rings. The second-order valence-electron chi connectivity index (χ2n) is 6.44. The summed E-state index contributed by atoms with van der Waals surface area (Å²) >= 11 is 0. The highest BCUT2D eigenvalue weighted by molar-refractivity contribution is 5.17. The quantitative estimate of drug-likeness (QED) is 0.533. The molecule has 0 saturated heterocycles. The topological polar surface area (TPSA) is 0 Å². The summed E-state index contributed by atoms with van der Waals surface area (Å²) in [6, 6.07) is 0. The second-order valence-corrected chi connectivity index (χ2v) is 6.44. The average Bonchev–Trinajstić information content (AvgIpc) is 2.42. The van der Waals surface area contributed by atoms with Crippen LogP contribution in [0.15, 0.2) is 11.1 Å². The van der Waals surface area contributed by atoms with E-state index in [-0.39, 0.29) is 0 Å². The van der Waals surface area contributed by atoms with Gasteiger partial charge in [0.1, 0.15) is 0 Å². The van der Waals surface area contributed by atoms with Crippen LogP contribution in [-0.4, -0.2) is 0 Å². The van der Waals surface area contributed by atoms with Gasteiger partial charge in [0.15, 0.2) is 0 Å². The largest absolute Gasteiger partial charge is 0.0713 e. The van der Waals surface area contributed by atoms with Gasteiger partial charge in [-0.05, 0) is 49.9 Å². The summed E-state index contributed by atoms with van der Waals surface area (Å²) in [4.78, 5) is 0. The minimum absolute atomic E-state index is 0.472. The van der Waals surface area contributed by atoms with Crippen molar-refractivity contribution in [3.8, 4) is 0 Å². The highest BCUT2D eigenvalue weighted by atomic mass is 14.3. The maximum atomic E-state index is 2.43. The van der Waals surface area contributed by atoms with Crippen LogP contribution in [0.1, 0.15) is 79.6 Å². The standard InChI is InChI=1S/C16H30/c1-6-14-10-8-7-9-11-15(14)12-16(4,5)13(2)3/h13H,6-12H2,1-5H3. The molecule has 16 heavy (non-hydrogen) atoms. The van der Waals surface area contributed by atoms with Crippen LogP contribution in [0.3, 0.4) is 0 Å². The zero-order chi connectivity index (χ0) is 12.2. The molecule has 0 N–H and O–H groups in total. The number of allylic oxidation sites excluding steroid dienone is 2. The first-order chi connectivity index (χ1) is 7.47. The van der Waals surface area contributed by atoms with Crippen molar-refractivity contribution < 1.29 is 0 Å². The van der Waals surface area contributed by atoms with E-state index in [4.69, 9.17) is 0 Å². The predicted octanol–water partition coefficient (Wildman–Crippen LogP) is 5.73. The van der Waals surface area contributed by atoms with Crippen LogP contribution in [0, 0.1) is 11.3 Å². The maximum Gasteiger partial charge on any atom is -0.0264 e. The smallest absolute Gasteiger partial charge is 0.0264 e. The molecule has 0 aromatic carbocycles. The highest BCUT2D eigenvalue weighted by Gasteiger charge is 2.25. The fourth-order valence-corrected chi connectivity index (χ4v) is 2.60. The van der Waals surface area contributed by atoms with Gasteiger partial charge in [0, 0.05) is 0 Å². The van der Waals surface area contributed by atoms with Crippen LogP contribution in [0.5, 0.6) is 0 Å². The molecule has 0 spiro atoms. The number of rotatable bonds is 4. The van der Waals surface area contributed by atoms with Crippen LogP contribution in [0.2, 0.25) is 0 Å². The van der Waals surface area contributed by atoms with Crippen molar-refractivity contribution >= 4 is 0 Å². The summed E-state index contributed by atoms with van der Waals surface area (Å²) < 4.78 is 0. The molecule has 0 radical (unpaired) electrons. The van der Waals surface area contributed by atoms with Gasteiger partial charge in [0.25, 0.3) is 0 Å². The first kappa shape index (κ1) is 13.8. The Morgan fingerprint density at radius 2 is 1.56 bits per heavy atom. The van der Waals surface area contributed by atoms with Crippen LogP contribution in [0.4, 0.5) is 0 Å². The predicted molar refractivity (Wildman–Crippen MR) is 73.6 cm³/mol. The van der Waals surface area contributed by atoms with Crippen molar-refractivity contribution in [2.45, 2.75) is 79.6 Å². The molecule has 0 saturated carbocycles. The van der Waals surface area contributed by atoms with Crippen LogP contribution in [0.25, 0.3) is 0 Å². The molecular weight excluding hydrogens is 192 g/mol. The van der Waals surface area contributed by atoms with Gasteiger partial charge in [0.05, 0.1) is 0 Å². The van der Waals surface area contributed by atoms with Gasteiger partial charge in [-0.15, -0.1) is 0 Å². The Bertz CT molecular complexity index is 243. The van der Waals surface area contributed by atoms with Crippen molar-refractivity contribution in [2.75, 3.05) is 0 Å². The molecule has 0 aromatic heterocycles. The van der Waals surface area contributed by atoms with Gasteiger partial charge in [0.2, 0.25) is 0 Å². The molecule has 0 fully saturated rings. The van der Waals surface area contributed by atoms with Gasteiger partial charge in [-0.25, -0.2) is 0 Å². The molecule has 0 nitrogen and oxygen atoms in total. The van der Waals surface area contributed by atoms with Crippen molar-refractivity contribution in [1.29, 1.82) is 0 Å². The Balaban J connectivity index is 2.78. The van der Waals surface area contributed by atoms with Crippen LogP contribution in [-0.2, 0) is 0 Å². The van der Waals surface area contributed by atoms with Gasteiger partial charge < -0.3 is 0 Å². The zero-order valence-electron chi connectivity index (χ0n) is 12.0. The average molecular weight is 222 g/mol. The molecule has 0 bridgehead atoms. The van der Waals surface area contributed by atoms with Gasteiger partial charge in [-0.2, -0.15) is 0 Å². The fourth-order valence-electron chi connectivity index (χ4n) is 2.60. The van der Waals surface area contributed by atoms with Crippen molar-refractivity contribution in [3.63, 3.8) is 0 Å². The van der Waals surface area contributed by atoms with Crippen molar-refractivity contribution in [3.05, 3.63) is 11.1 Å². The summed E-state index contributed by atoms with van der Waals surface area (Å²) in [6.07, 6.45) is 9.65. The van der Waals surface area contributed by atoms with E-state index in [1.54, 1.807) is 11.1 Å².